The minimum atomic E-state index is -0.442. The third-order valence-corrected chi connectivity index (χ3v) is 6.93. The van der Waals surface area contributed by atoms with Crippen molar-refractivity contribution >= 4 is 28.1 Å². The van der Waals surface area contributed by atoms with E-state index in [1.807, 2.05) is 67.7 Å². The largest absolute Gasteiger partial charge is 0.291 e. The van der Waals surface area contributed by atoms with Crippen molar-refractivity contribution in [1.29, 1.82) is 0 Å². The molecule has 37 heavy (non-hydrogen) atoms. The summed E-state index contributed by atoms with van der Waals surface area (Å²) >= 11 is 1.25. The van der Waals surface area contributed by atoms with Gasteiger partial charge in [-0.15, -0.1) is 5.10 Å². The second-order valence-electron chi connectivity index (χ2n) is 8.38. The van der Waals surface area contributed by atoms with Crippen LogP contribution in [-0.2, 0) is 0 Å². The van der Waals surface area contributed by atoms with E-state index in [0.717, 1.165) is 16.8 Å². The van der Waals surface area contributed by atoms with E-state index in [1.165, 1.54) is 28.0 Å². The molecule has 3 heterocycles. The van der Waals surface area contributed by atoms with Gasteiger partial charge in [-0.1, -0.05) is 53.8 Å². The maximum Gasteiger partial charge on any atom is 0.291 e. The molecule has 3 aromatic heterocycles. The van der Waals surface area contributed by atoms with E-state index in [4.69, 9.17) is 5.10 Å². The highest BCUT2D eigenvalue weighted by Crippen LogP contribution is 2.27. The summed E-state index contributed by atoms with van der Waals surface area (Å²) in [6, 6.07) is 23.5. The van der Waals surface area contributed by atoms with Crippen molar-refractivity contribution in [2.75, 3.05) is 0 Å². The van der Waals surface area contributed by atoms with Crippen molar-refractivity contribution in [1.82, 2.24) is 24.4 Å². The highest BCUT2D eigenvalue weighted by atomic mass is 32.1. The van der Waals surface area contributed by atoms with Crippen LogP contribution in [0.3, 0.4) is 0 Å². The molecule has 0 N–H and O–H groups in total. The smallest absolute Gasteiger partial charge is 0.266 e. The third-order valence-electron chi connectivity index (χ3n) is 5.97. The van der Waals surface area contributed by atoms with Crippen LogP contribution in [0.5, 0.6) is 0 Å². The first kappa shape index (κ1) is 22.5. The van der Waals surface area contributed by atoms with Gasteiger partial charge in [0.1, 0.15) is 5.69 Å². The lowest BCUT2D eigenvalue weighted by molar-refractivity contribution is -0.384. The maximum atomic E-state index is 13.2. The number of nitro benzene ring substituents is 1. The quantitative estimate of drug-likeness (QED) is 0.253. The molecule has 0 saturated carbocycles. The summed E-state index contributed by atoms with van der Waals surface area (Å²) in [6.45, 7) is 1.98. The molecule has 180 valence electrons. The Morgan fingerprint density at radius 1 is 0.946 bits per heavy atom. The van der Waals surface area contributed by atoms with Crippen molar-refractivity contribution < 1.29 is 4.92 Å². The summed E-state index contributed by atoms with van der Waals surface area (Å²) in [4.78, 5) is 29.0. The number of nitrogens with zero attached hydrogens (tertiary/aromatic N) is 6. The Labute approximate surface area is 213 Å². The number of rotatable bonds is 5. The number of thiazole rings is 1. The number of aromatic nitrogens is 5. The Morgan fingerprint density at radius 3 is 2.38 bits per heavy atom. The number of benzene rings is 3. The predicted octanol–water partition coefficient (Wildman–Crippen LogP) is 4.44. The van der Waals surface area contributed by atoms with Gasteiger partial charge in [0.05, 0.1) is 15.1 Å². The molecule has 0 aliphatic heterocycles. The second-order valence-corrected chi connectivity index (χ2v) is 9.39. The maximum absolute atomic E-state index is 13.2. The first-order valence-electron chi connectivity index (χ1n) is 11.4. The molecule has 0 atom stereocenters. The van der Waals surface area contributed by atoms with Gasteiger partial charge in [-0.2, -0.15) is 14.6 Å². The van der Waals surface area contributed by atoms with E-state index in [1.54, 1.807) is 22.9 Å². The molecular formula is C27H18N6O3S. The van der Waals surface area contributed by atoms with Crippen LogP contribution in [0.1, 0.15) is 11.1 Å². The molecule has 0 amide bonds. The Morgan fingerprint density at radius 2 is 1.68 bits per heavy atom. The molecule has 6 rings (SSSR count). The standard InChI is InChI=1S/C27H18N6O3S/c1-17-7-5-6-10-22(17)25-28-27-32(30-25)26(34)23(37-27)15-19-16-31(20-8-3-2-4-9-20)29-24(19)18-11-13-21(14-12-18)33(35)36/h2-16H,1H3/b23-15-. The monoisotopic (exact) mass is 506 g/mol. The van der Waals surface area contributed by atoms with Gasteiger partial charge in [0.15, 0.2) is 5.82 Å². The van der Waals surface area contributed by atoms with Crippen LogP contribution in [0.2, 0.25) is 0 Å². The molecule has 0 aliphatic rings. The number of para-hydroxylation sites is 1. The Kier molecular flexibility index (Phi) is 5.42. The zero-order valence-corrected chi connectivity index (χ0v) is 20.3. The Hall–Kier alpha value is -4.96. The SMILES string of the molecule is Cc1ccccc1-c1nc2s/c(=C\c3cn(-c4ccccc4)nc3-c3ccc([N+](=O)[O-])cc3)c(=O)n2n1. The molecule has 10 heteroatoms. The summed E-state index contributed by atoms with van der Waals surface area (Å²) in [5.41, 5.74) is 4.46. The normalized spacial score (nSPS) is 11.9. The molecule has 0 spiro atoms. The van der Waals surface area contributed by atoms with Crippen molar-refractivity contribution in [3.8, 4) is 28.3 Å². The molecular weight excluding hydrogens is 488 g/mol. The highest BCUT2D eigenvalue weighted by Gasteiger charge is 2.16. The molecule has 0 fully saturated rings. The van der Waals surface area contributed by atoms with Gasteiger partial charge in [-0.05, 0) is 42.8 Å². The van der Waals surface area contributed by atoms with Crippen molar-refractivity contribution in [3.63, 3.8) is 0 Å². The predicted molar refractivity (Wildman–Crippen MR) is 142 cm³/mol. The molecule has 0 unspecified atom stereocenters. The second kappa shape index (κ2) is 8.92. The number of hydrogen-bond donors (Lipinski definition) is 0. The molecule has 9 nitrogen and oxygen atoms in total. The van der Waals surface area contributed by atoms with Gasteiger partial charge in [0.2, 0.25) is 4.96 Å². The summed E-state index contributed by atoms with van der Waals surface area (Å²) in [6.07, 6.45) is 3.60. The van der Waals surface area contributed by atoms with Gasteiger partial charge < -0.3 is 0 Å². The summed E-state index contributed by atoms with van der Waals surface area (Å²) in [5.74, 6) is 0.511. The molecule has 6 aromatic rings. The van der Waals surface area contributed by atoms with Crippen LogP contribution < -0.4 is 10.1 Å². The first-order valence-corrected chi connectivity index (χ1v) is 12.2. The van der Waals surface area contributed by atoms with E-state index in [9.17, 15) is 14.9 Å². The number of aryl methyl sites for hydroxylation is 1. The van der Waals surface area contributed by atoms with Crippen molar-refractivity contribution in [3.05, 3.63) is 121 Å². The van der Waals surface area contributed by atoms with Crippen LogP contribution in [0, 0.1) is 17.0 Å². The van der Waals surface area contributed by atoms with E-state index in [-0.39, 0.29) is 11.2 Å². The molecule has 3 aromatic carbocycles. The van der Waals surface area contributed by atoms with Gasteiger partial charge in [-0.3, -0.25) is 14.9 Å². The minimum Gasteiger partial charge on any atom is -0.266 e. The van der Waals surface area contributed by atoms with E-state index in [0.29, 0.717) is 32.1 Å². The Balaban J connectivity index is 1.48. The van der Waals surface area contributed by atoms with E-state index < -0.39 is 4.92 Å². The Bertz CT molecular complexity index is 1890. The number of hydrogen-bond acceptors (Lipinski definition) is 7. The van der Waals surface area contributed by atoms with Gasteiger partial charge in [-0.25, -0.2) is 4.68 Å². The van der Waals surface area contributed by atoms with Gasteiger partial charge in [0, 0.05) is 35.0 Å². The minimum absolute atomic E-state index is 0.00590. The fourth-order valence-electron chi connectivity index (χ4n) is 4.08. The number of fused-ring (bicyclic) bond motifs is 1. The summed E-state index contributed by atoms with van der Waals surface area (Å²) < 4.78 is 3.51. The first-order chi connectivity index (χ1) is 18.0. The van der Waals surface area contributed by atoms with Crippen molar-refractivity contribution in [2.24, 2.45) is 0 Å². The van der Waals surface area contributed by atoms with Crippen LogP contribution in [0.15, 0.2) is 89.9 Å². The number of nitro groups is 1. The molecule has 0 aliphatic carbocycles. The third kappa shape index (κ3) is 4.09. The fourth-order valence-corrected chi connectivity index (χ4v) is 4.98. The van der Waals surface area contributed by atoms with Crippen molar-refractivity contribution in [2.45, 2.75) is 6.92 Å². The topological polar surface area (TPSA) is 108 Å². The lowest BCUT2D eigenvalue weighted by atomic mass is 10.1. The summed E-state index contributed by atoms with van der Waals surface area (Å²) in [7, 11) is 0. The van der Waals surface area contributed by atoms with Gasteiger partial charge in [0.25, 0.3) is 11.2 Å². The molecule has 0 radical (unpaired) electrons. The zero-order valence-electron chi connectivity index (χ0n) is 19.5. The summed E-state index contributed by atoms with van der Waals surface area (Å²) in [5, 5.41) is 20.3. The van der Waals surface area contributed by atoms with Crippen LogP contribution in [0.25, 0.3) is 39.4 Å². The highest BCUT2D eigenvalue weighted by molar-refractivity contribution is 7.15. The van der Waals surface area contributed by atoms with Crippen LogP contribution in [0.4, 0.5) is 5.69 Å². The average molecular weight is 507 g/mol. The molecule has 0 bridgehead atoms. The van der Waals surface area contributed by atoms with E-state index >= 15 is 0 Å². The van der Waals surface area contributed by atoms with Crippen LogP contribution in [-0.4, -0.2) is 29.3 Å². The zero-order chi connectivity index (χ0) is 25.5. The number of non-ortho nitro benzene ring substituents is 1. The molecule has 0 saturated heterocycles. The average Bonchev–Trinajstić information content (AvgIpc) is 3.60. The van der Waals surface area contributed by atoms with Gasteiger partial charge >= 0.3 is 0 Å². The fraction of sp³-hybridized carbons (Fsp3) is 0.0370. The lowest BCUT2D eigenvalue weighted by Gasteiger charge is -2.00. The lowest BCUT2D eigenvalue weighted by Crippen LogP contribution is -2.23. The van der Waals surface area contributed by atoms with Crippen LogP contribution >= 0.6 is 11.3 Å². The van der Waals surface area contributed by atoms with E-state index in [2.05, 4.69) is 10.1 Å².